The highest BCUT2D eigenvalue weighted by Crippen LogP contribution is 2.30. The second-order valence-corrected chi connectivity index (χ2v) is 4.69. The number of nitrogens with one attached hydrogen (secondary N) is 1. The van der Waals surface area contributed by atoms with Gasteiger partial charge in [0.25, 0.3) is 0 Å². The van der Waals surface area contributed by atoms with E-state index in [1.807, 2.05) is 30.3 Å². The summed E-state index contributed by atoms with van der Waals surface area (Å²) in [5.74, 6) is 0.472. The molecule has 2 aromatic carbocycles. The van der Waals surface area contributed by atoms with Gasteiger partial charge < -0.3 is 14.8 Å². The highest BCUT2D eigenvalue weighted by Gasteiger charge is 2.23. The van der Waals surface area contributed by atoms with E-state index in [-0.39, 0.29) is 11.6 Å². The van der Waals surface area contributed by atoms with Crippen LogP contribution in [-0.4, -0.2) is 13.2 Å². The molecular formula is C17H16FNO2. The second kappa shape index (κ2) is 6.31. The summed E-state index contributed by atoms with van der Waals surface area (Å²) in [6, 6.07) is 16.0. The van der Waals surface area contributed by atoms with Gasteiger partial charge in [0.15, 0.2) is 23.4 Å². The Labute approximate surface area is 123 Å². The molecule has 1 aliphatic heterocycles. The zero-order chi connectivity index (χ0) is 14.5. The Hall–Kier alpha value is -2.49. The topological polar surface area (TPSA) is 30.5 Å². The Morgan fingerprint density at radius 2 is 1.81 bits per heavy atom. The first kappa shape index (κ1) is 13.5. The van der Waals surface area contributed by atoms with Gasteiger partial charge in [-0.3, -0.25) is 0 Å². The highest BCUT2D eigenvalue weighted by atomic mass is 19.1. The minimum absolute atomic E-state index is 0.210. The number of ether oxygens (including phenoxy) is 2. The van der Waals surface area contributed by atoms with Gasteiger partial charge in [0, 0.05) is 18.3 Å². The van der Waals surface area contributed by atoms with Gasteiger partial charge >= 0.3 is 0 Å². The van der Waals surface area contributed by atoms with Gasteiger partial charge in [0.1, 0.15) is 6.61 Å². The summed E-state index contributed by atoms with van der Waals surface area (Å²) in [5.41, 5.74) is 0.913. The van der Waals surface area contributed by atoms with E-state index in [9.17, 15) is 4.39 Å². The molecule has 4 heteroatoms. The third-order valence-corrected chi connectivity index (χ3v) is 3.20. The molecule has 21 heavy (non-hydrogen) atoms. The summed E-state index contributed by atoms with van der Waals surface area (Å²) in [6.07, 6.45) is 1.30. The van der Waals surface area contributed by atoms with E-state index in [1.54, 1.807) is 24.4 Å². The summed E-state index contributed by atoms with van der Waals surface area (Å²) in [4.78, 5) is 0. The molecule has 0 aliphatic carbocycles. The SMILES string of the molecule is Fc1ccccc1OC(C1=CNCCO1)c1ccccc1. The van der Waals surface area contributed by atoms with Crippen LogP contribution in [0.3, 0.4) is 0 Å². The lowest BCUT2D eigenvalue weighted by atomic mass is 10.1. The summed E-state index contributed by atoms with van der Waals surface area (Å²) < 4.78 is 25.4. The van der Waals surface area contributed by atoms with Crippen LogP contribution in [0.1, 0.15) is 11.7 Å². The monoisotopic (exact) mass is 285 g/mol. The van der Waals surface area contributed by atoms with Gasteiger partial charge in [-0.1, -0.05) is 42.5 Å². The number of benzene rings is 2. The predicted molar refractivity (Wildman–Crippen MR) is 78.2 cm³/mol. The fraction of sp³-hybridized carbons (Fsp3) is 0.176. The van der Waals surface area contributed by atoms with Crippen molar-refractivity contribution in [3.8, 4) is 5.75 Å². The van der Waals surface area contributed by atoms with Crippen LogP contribution in [-0.2, 0) is 4.74 Å². The maximum absolute atomic E-state index is 13.8. The average Bonchev–Trinajstić information content (AvgIpc) is 2.56. The van der Waals surface area contributed by atoms with E-state index in [4.69, 9.17) is 9.47 Å². The lowest BCUT2D eigenvalue weighted by Gasteiger charge is -2.25. The van der Waals surface area contributed by atoms with Crippen molar-refractivity contribution in [1.82, 2.24) is 5.32 Å². The number of hydrogen-bond acceptors (Lipinski definition) is 3. The quantitative estimate of drug-likeness (QED) is 0.934. The zero-order valence-electron chi connectivity index (χ0n) is 11.5. The first-order chi connectivity index (χ1) is 10.3. The normalized spacial score (nSPS) is 15.4. The molecule has 1 N–H and O–H groups in total. The van der Waals surface area contributed by atoms with Crippen molar-refractivity contribution in [2.75, 3.05) is 13.2 Å². The van der Waals surface area contributed by atoms with E-state index >= 15 is 0 Å². The molecule has 108 valence electrons. The lowest BCUT2D eigenvalue weighted by Crippen LogP contribution is -2.25. The van der Waals surface area contributed by atoms with Crippen molar-refractivity contribution in [3.05, 3.63) is 77.9 Å². The maximum Gasteiger partial charge on any atom is 0.182 e. The summed E-state index contributed by atoms with van der Waals surface area (Å²) >= 11 is 0. The zero-order valence-corrected chi connectivity index (χ0v) is 11.5. The van der Waals surface area contributed by atoms with Gasteiger partial charge in [-0.2, -0.15) is 0 Å². The molecule has 3 nitrogen and oxygen atoms in total. The average molecular weight is 285 g/mol. The maximum atomic E-state index is 13.8. The van der Waals surface area contributed by atoms with E-state index in [0.29, 0.717) is 12.4 Å². The van der Waals surface area contributed by atoms with Crippen LogP contribution in [0.15, 0.2) is 66.6 Å². The van der Waals surface area contributed by atoms with Crippen LogP contribution in [0.4, 0.5) is 4.39 Å². The largest absolute Gasteiger partial charge is 0.490 e. The second-order valence-electron chi connectivity index (χ2n) is 4.69. The van der Waals surface area contributed by atoms with Gasteiger partial charge in [-0.25, -0.2) is 4.39 Å². The van der Waals surface area contributed by atoms with Crippen LogP contribution in [0.2, 0.25) is 0 Å². The van der Waals surface area contributed by atoms with E-state index in [1.165, 1.54) is 6.07 Å². The predicted octanol–water partition coefficient (Wildman–Crippen LogP) is 3.41. The van der Waals surface area contributed by atoms with Gasteiger partial charge in [0.2, 0.25) is 0 Å². The van der Waals surface area contributed by atoms with E-state index < -0.39 is 6.10 Å². The molecule has 1 unspecified atom stereocenters. The number of para-hydroxylation sites is 1. The molecule has 0 amide bonds. The molecule has 0 aromatic heterocycles. The Bertz CT molecular complexity index is 628. The molecule has 2 aromatic rings. The molecular weight excluding hydrogens is 269 g/mol. The number of hydrogen-bond donors (Lipinski definition) is 1. The van der Waals surface area contributed by atoms with Gasteiger partial charge in [-0.05, 0) is 12.1 Å². The molecule has 1 atom stereocenters. The minimum atomic E-state index is -0.476. The lowest BCUT2D eigenvalue weighted by molar-refractivity contribution is 0.105. The van der Waals surface area contributed by atoms with Crippen molar-refractivity contribution in [3.63, 3.8) is 0 Å². The third kappa shape index (κ3) is 3.16. The minimum Gasteiger partial charge on any atom is -0.490 e. The third-order valence-electron chi connectivity index (χ3n) is 3.20. The summed E-state index contributed by atoms with van der Waals surface area (Å²) in [5, 5.41) is 3.12. The van der Waals surface area contributed by atoms with E-state index in [0.717, 1.165) is 12.1 Å². The van der Waals surface area contributed by atoms with Crippen molar-refractivity contribution in [2.24, 2.45) is 0 Å². The molecule has 0 spiro atoms. The summed E-state index contributed by atoms with van der Waals surface area (Å²) in [7, 11) is 0. The Kier molecular flexibility index (Phi) is 4.05. The van der Waals surface area contributed by atoms with Crippen LogP contribution >= 0.6 is 0 Å². The smallest absolute Gasteiger partial charge is 0.182 e. The van der Waals surface area contributed by atoms with Gasteiger partial charge in [-0.15, -0.1) is 0 Å². The Balaban J connectivity index is 1.93. The molecule has 0 saturated heterocycles. The molecule has 0 fully saturated rings. The van der Waals surface area contributed by atoms with Crippen molar-refractivity contribution < 1.29 is 13.9 Å². The van der Waals surface area contributed by atoms with Crippen molar-refractivity contribution >= 4 is 0 Å². The van der Waals surface area contributed by atoms with Crippen molar-refractivity contribution in [1.29, 1.82) is 0 Å². The van der Waals surface area contributed by atoms with Crippen LogP contribution < -0.4 is 10.1 Å². The molecule has 3 rings (SSSR count). The first-order valence-corrected chi connectivity index (χ1v) is 6.87. The summed E-state index contributed by atoms with van der Waals surface area (Å²) in [6.45, 7) is 1.32. The molecule has 0 bridgehead atoms. The fourth-order valence-electron chi connectivity index (χ4n) is 2.18. The standard InChI is InChI=1S/C17H16FNO2/c18-14-8-4-5-9-15(14)21-17(13-6-2-1-3-7-13)16-12-19-10-11-20-16/h1-9,12,17,19H,10-11H2. The number of halogens is 1. The molecule has 1 heterocycles. The fourth-order valence-corrected chi connectivity index (χ4v) is 2.18. The first-order valence-electron chi connectivity index (χ1n) is 6.87. The molecule has 1 aliphatic rings. The Morgan fingerprint density at radius 1 is 1.05 bits per heavy atom. The van der Waals surface area contributed by atoms with Crippen LogP contribution in [0, 0.1) is 5.82 Å². The van der Waals surface area contributed by atoms with Crippen molar-refractivity contribution in [2.45, 2.75) is 6.10 Å². The van der Waals surface area contributed by atoms with Gasteiger partial charge in [0.05, 0.1) is 0 Å². The van der Waals surface area contributed by atoms with E-state index in [2.05, 4.69) is 5.32 Å². The highest BCUT2D eigenvalue weighted by molar-refractivity contribution is 5.30. The van der Waals surface area contributed by atoms with Crippen LogP contribution in [0.5, 0.6) is 5.75 Å². The Morgan fingerprint density at radius 3 is 2.52 bits per heavy atom. The van der Waals surface area contributed by atoms with Crippen LogP contribution in [0.25, 0.3) is 0 Å². The number of rotatable bonds is 4. The molecule has 0 saturated carbocycles. The molecule has 0 radical (unpaired) electrons.